The monoisotopic (exact) mass is 218 g/mol. The van der Waals surface area contributed by atoms with Gasteiger partial charge in [0.25, 0.3) is 0 Å². The van der Waals surface area contributed by atoms with Crippen molar-refractivity contribution < 1.29 is 0 Å². The quantitative estimate of drug-likeness (QED) is 0.795. The molecule has 2 aromatic heterocycles. The van der Waals surface area contributed by atoms with Crippen molar-refractivity contribution in [3.63, 3.8) is 0 Å². The lowest BCUT2D eigenvalue weighted by atomic mass is 10.00. The average Bonchev–Trinajstić information content (AvgIpc) is 2.55. The van der Waals surface area contributed by atoms with Gasteiger partial charge in [-0.05, 0) is 37.6 Å². The van der Waals surface area contributed by atoms with Crippen LogP contribution in [0.5, 0.6) is 0 Å². The number of nitrogens with one attached hydrogen (secondary N) is 1. The van der Waals surface area contributed by atoms with Crippen molar-refractivity contribution in [1.29, 1.82) is 0 Å². The third-order valence-electron chi connectivity index (χ3n) is 3.10. The molecule has 0 radical (unpaired) electrons. The molecule has 0 aromatic carbocycles. The molecule has 84 valence electrons. The highest BCUT2D eigenvalue weighted by Crippen LogP contribution is 2.08. The predicted molar refractivity (Wildman–Crippen MR) is 60.4 cm³/mol. The smallest absolute Gasteiger partial charge is 0.316 e. The average molecular weight is 218 g/mol. The van der Waals surface area contributed by atoms with Gasteiger partial charge in [-0.1, -0.05) is 6.07 Å². The van der Waals surface area contributed by atoms with E-state index in [0.29, 0.717) is 12.5 Å². The van der Waals surface area contributed by atoms with E-state index in [2.05, 4.69) is 10.4 Å². The van der Waals surface area contributed by atoms with Crippen LogP contribution in [0.4, 0.5) is 0 Å². The number of aromatic nitrogens is 3. The standard InChI is InChI=1S/C11H14N4O/c16-11-14-5-2-1-3-10(14)13-15(11)6-4-9-7-12-8-9/h1-3,5,9,12H,4,6-8H2. The number of nitrogens with zero attached hydrogens (tertiary/aromatic N) is 3. The maximum Gasteiger partial charge on any atom is 0.350 e. The summed E-state index contributed by atoms with van der Waals surface area (Å²) < 4.78 is 3.15. The van der Waals surface area contributed by atoms with Gasteiger partial charge in [-0.25, -0.2) is 9.48 Å². The molecular weight excluding hydrogens is 204 g/mol. The summed E-state index contributed by atoms with van der Waals surface area (Å²) >= 11 is 0. The van der Waals surface area contributed by atoms with Gasteiger partial charge in [-0.2, -0.15) is 0 Å². The number of hydrogen-bond donors (Lipinski definition) is 1. The van der Waals surface area contributed by atoms with E-state index in [1.54, 1.807) is 15.3 Å². The lowest BCUT2D eigenvalue weighted by molar-refractivity contribution is 0.305. The summed E-state index contributed by atoms with van der Waals surface area (Å²) in [6.07, 6.45) is 2.78. The Hall–Kier alpha value is -1.62. The topological polar surface area (TPSA) is 51.3 Å². The minimum absolute atomic E-state index is 0.0390. The SMILES string of the molecule is O=c1n(CCC2CNC2)nc2ccccn12. The molecule has 0 bridgehead atoms. The summed E-state index contributed by atoms with van der Waals surface area (Å²) in [5, 5.41) is 7.52. The number of fused-ring (bicyclic) bond motifs is 1. The van der Waals surface area contributed by atoms with Crippen molar-refractivity contribution in [3.8, 4) is 0 Å². The van der Waals surface area contributed by atoms with Gasteiger partial charge in [-0.3, -0.25) is 4.40 Å². The van der Waals surface area contributed by atoms with Crippen LogP contribution in [0.25, 0.3) is 5.65 Å². The first-order valence-electron chi connectivity index (χ1n) is 5.59. The lowest BCUT2D eigenvalue weighted by Gasteiger charge is -2.26. The van der Waals surface area contributed by atoms with Gasteiger partial charge in [0.05, 0.1) is 0 Å². The third-order valence-corrected chi connectivity index (χ3v) is 3.10. The highest BCUT2D eigenvalue weighted by molar-refractivity contribution is 5.35. The van der Waals surface area contributed by atoms with Crippen LogP contribution in [0.15, 0.2) is 29.2 Å². The first kappa shape index (κ1) is 9.59. The number of rotatable bonds is 3. The van der Waals surface area contributed by atoms with Gasteiger partial charge in [-0.15, -0.1) is 5.10 Å². The van der Waals surface area contributed by atoms with Gasteiger partial charge in [0, 0.05) is 12.7 Å². The van der Waals surface area contributed by atoms with Gasteiger partial charge < -0.3 is 5.32 Å². The van der Waals surface area contributed by atoms with Crippen LogP contribution in [-0.4, -0.2) is 27.3 Å². The normalized spacial score (nSPS) is 16.5. The van der Waals surface area contributed by atoms with Gasteiger partial charge in [0.2, 0.25) is 0 Å². The Balaban J connectivity index is 1.85. The fourth-order valence-corrected chi connectivity index (χ4v) is 1.97. The summed E-state index contributed by atoms with van der Waals surface area (Å²) in [5.74, 6) is 0.705. The molecule has 0 spiro atoms. The van der Waals surface area contributed by atoms with Crippen LogP contribution < -0.4 is 11.0 Å². The van der Waals surface area contributed by atoms with Crippen molar-refractivity contribution in [2.24, 2.45) is 5.92 Å². The van der Waals surface area contributed by atoms with Crippen LogP contribution >= 0.6 is 0 Å². The zero-order valence-corrected chi connectivity index (χ0v) is 8.97. The molecule has 0 unspecified atom stereocenters. The zero-order chi connectivity index (χ0) is 11.0. The molecule has 1 fully saturated rings. The van der Waals surface area contributed by atoms with E-state index in [-0.39, 0.29) is 5.69 Å². The molecule has 3 rings (SSSR count). The first-order valence-corrected chi connectivity index (χ1v) is 5.59. The molecule has 0 amide bonds. The maximum atomic E-state index is 11.9. The summed E-state index contributed by atoms with van der Waals surface area (Å²) in [4.78, 5) is 11.9. The largest absolute Gasteiger partial charge is 0.350 e. The van der Waals surface area contributed by atoms with Crippen LogP contribution in [-0.2, 0) is 6.54 Å². The Kier molecular flexibility index (Phi) is 2.25. The fraction of sp³-hybridized carbons (Fsp3) is 0.455. The van der Waals surface area contributed by atoms with Crippen LogP contribution in [0, 0.1) is 5.92 Å². The summed E-state index contributed by atoms with van der Waals surface area (Å²) in [6.45, 7) is 2.86. The predicted octanol–water partition coefficient (Wildman–Crippen LogP) is 0.105. The van der Waals surface area contributed by atoms with E-state index in [0.717, 1.165) is 25.2 Å². The summed E-state index contributed by atoms with van der Waals surface area (Å²) in [5.41, 5.74) is 0.683. The van der Waals surface area contributed by atoms with Crippen molar-refractivity contribution in [1.82, 2.24) is 19.5 Å². The van der Waals surface area contributed by atoms with E-state index in [1.807, 2.05) is 18.2 Å². The molecule has 2 aromatic rings. The Morgan fingerprint density at radius 1 is 1.44 bits per heavy atom. The molecule has 0 aliphatic carbocycles. The Morgan fingerprint density at radius 3 is 3.00 bits per heavy atom. The van der Waals surface area contributed by atoms with Crippen molar-refractivity contribution in [3.05, 3.63) is 34.9 Å². The maximum absolute atomic E-state index is 11.9. The number of aryl methyl sites for hydroxylation is 1. The second-order valence-corrected chi connectivity index (χ2v) is 4.25. The van der Waals surface area contributed by atoms with E-state index in [1.165, 1.54) is 0 Å². The molecule has 1 N–H and O–H groups in total. The zero-order valence-electron chi connectivity index (χ0n) is 8.97. The molecule has 0 atom stereocenters. The molecule has 16 heavy (non-hydrogen) atoms. The van der Waals surface area contributed by atoms with Crippen molar-refractivity contribution >= 4 is 5.65 Å². The minimum atomic E-state index is -0.0390. The summed E-state index contributed by atoms with van der Waals surface area (Å²) in [6, 6.07) is 5.58. The van der Waals surface area contributed by atoms with Gasteiger partial charge in [0.1, 0.15) is 0 Å². The lowest BCUT2D eigenvalue weighted by Crippen LogP contribution is -2.42. The molecule has 3 heterocycles. The second kappa shape index (κ2) is 3.75. The summed E-state index contributed by atoms with van der Waals surface area (Å²) in [7, 11) is 0. The van der Waals surface area contributed by atoms with Crippen molar-refractivity contribution in [2.45, 2.75) is 13.0 Å². The fourth-order valence-electron chi connectivity index (χ4n) is 1.97. The Bertz CT molecular complexity index is 552. The first-order chi connectivity index (χ1) is 7.84. The van der Waals surface area contributed by atoms with Gasteiger partial charge in [0.15, 0.2) is 5.65 Å². The highest BCUT2D eigenvalue weighted by Gasteiger charge is 2.17. The number of hydrogen-bond acceptors (Lipinski definition) is 3. The molecule has 1 aliphatic rings. The second-order valence-electron chi connectivity index (χ2n) is 4.25. The highest BCUT2D eigenvalue weighted by atomic mass is 16.2. The van der Waals surface area contributed by atoms with E-state index < -0.39 is 0 Å². The minimum Gasteiger partial charge on any atom is -0.316 e. The van der Waals surface area contributed by atoms with Gasteiger partial charge >= 0.3 is 5.69 Å². The molecule has 5 heteroatoms. The molecule has 0 saturated carbocycles. The molecule has 1 saturated heterocycles. The molecular formula is C11H14N4O. The van der Waals surface area contributed by atoms with Crippen molar-refractivity contribution in [2.75, 3.05) is 13.1 Å². The molecule has 5 nitrogen and oxygen atoms in total. The van der Waals surface area contributed by atoms with Crippen LogP contribution in [0.1, 0.15) is 6.42 Å². The Morgan fingerprint density at radius 2 is 2.31 bits per heavy atom. The number of pyridine rings is 1. The third kappa shape index (κ3) is 1.53. The van der Waals surface area contributed by atoms with E-state index in [4.69, 9.17) is 0 Å². The van der Waals surface area contributed by atoms with E-state index in [9.17, 15) is 4.79 Å². The van der Waals surface area contributed by atoms with Crippen LogP contribution in [0.2, 0.25) is 0 Å². The molecule has 1 aliphatic heterocycles. The Labute approximate surface area is 92.7 Å². The van der Waals surface area contributed by atoms with Crippen LogP contribution in [0.3, 0.4) is 0 Å². The van der Waals surface area contributed by atoms with E-state index >= 15 is 0 Å².